The van der Waals surface area contributed by atoms with Crippen molar-refractivity contribution in [2.75, 3.05) is 33.0 Å². The number of allylic oxidation sites excluding steroid dienone is 1. The molecule has 0 aromatic carbocycles. The van der Waals surface area contributed by atoms with Crippen LogP contribution in [0.4, 0.5) is 0 Å². The van der Waals surface area contributed by atoms with Crippen LogP contribution < -0.4 is 0 Å². The lowest BCUT2D eigenvalue weighted by atomic mass is 10.3. The molecule has 10 heteroatoms. The fraction of sp³-hybridized carbons (Fsp3) is 0.800. The van der Waals surface area contributed by atoms with E-state index < -0.39 is 26.8 Å². The zero-order valence-electron chi connectivity index (χ0n) is 15.7. The molecule has 0 aliphatic heterocycles. The molecular formula is C15H30O8P2. The second kappa shape index (κ2) is 12.0. The first-order valence-electron chi connectivity index (χ1n) is 8.37. The van der Waals surface area contributed by atoms with Gasteiger partial charge in [0.1, 0.15) is 0 Å². The molecule has 0 amide bonds. The minimum atomic E-state index is -3.84. The van der Waals surface area contributed by atoms with Crippen molar-refractivity contribution in [3.8, 4) is 0 Å². The minimum absolute atomic E-state index is 0.0221. The molecule has 1 unspecified atom stereocenters. The zero-order valence-corrected chi connectivity index (χ0v) is 17.5. The minimum Gasteiger partial charge on any atom is -0.465 e. The highest BCUT2D eigenvalue weighted by atomic mass is 31.2. The summed E-state index contributed by atoms with van der Waals surface area (Å²) < 4.78 is 51.8. The topological polar surface area (TPSA) is 97.4 Å². The van der Waals surface area contributed by atoms with Gasteiger partial charge in [-0.25, -0.2) is 0 Å². The van der Waals surface area contributed by atoms with Gasteiger partial charge >= 0.3 is 21.2 Å². The summed E-state index contributed by atoms with van der Waals surface area (Å²) in [5, 5.41) is 0.0221. The van der Waals surface area contributed by atoms with E-state index in [0.717, 1.165) is 0 Å². The average molecular weight is 400 g/mol. The molecule has 0 aliphatic carbocycles. The predicted octanol–water partition coefficient (Wildman–Crippen LogP) is 4.35. The van der Waals surface area contributed by atoms with Crippen LogP contribution in [-0.2, 0) is 36.8 Å². The predicted molar refractivity (Wildman–Crippen MR) is 95.9 cm³/mol. The average Bonchev–Trinajstić information content (AvgIpc) is 2.53. The summed E-state index contributed by atoms with van der Waals surface area (Å²) in [5.74, 6) is -0.770. The summed E-state index contributed by atoms with van der Waals surface area (Å²) in [5.41, 5.74) is -1.30. The standard InChI is InChI=1S/C15H30O8P2/c1-7-19-15(16)14(25(18,22-10-4)23-11-5)12-13(6)24(17,20-8-2)21-9-3/h14H,6-12H2,1-5H3. The van der Waals surface area contributed by atoms with Crippen LogP contribution in [-0.4, -0.2) is 44.7 Å². The Bertz CT molecular complexity index is 500. The molecule has 0 radical (unpaired) electrons. The third-order valence-electron chi connectivity index (χ3n) is 2.97. The molecule has 0 aromatic rings. The van der Waals surface area contributed by atoms with Crippen LogP contribution in [0.3, 0.4) is 0 Å². The van der Waals surface area contributed by atoms with Gasteiger partial charge in [-0.2, -0.15) is 0 Å². The van der Waals surface area contributed by atoms with Crippen LogP contribution in [0.2, 0.25) is 0 Å². The third-order valence-corrected chi connectivity index (χ3v) is 7.52. The number of rotatable bonds is 14. The van der Waals surface area contributed by atoms with E-state index in [1.807, 2.05) is 0 Å². The molecule has 25 heavy (non-hydrogen) atoms. The van der Waals surface area contributed by atoms with Crippen LogP contribution in [0.1, 0.15) is 41.0 Å². The smallest absolute Gasteiger partial charge is 0.356 e. The lowest BCUT2D eigenvalue weighted by Gasteiger charge is -2.27. The van der Waals surface area contributed by atoms with Gasteiger partial charge in [-0.1, -0.05) is 6.58 Å². The summed E-state index contributed by atoms with van der Waals surface area (Å²) in [6.07, 6.45) is -0.257. The van der Waals surface area contributed by atoms with E-state index in [0.29, 0.717) is 0 Å². The Labute approximate surface area is 150 Å². The van der Waals surface area contributed by atoms with Gasteiger partial charge in [0.15, 0.2) is 5.66 Å². The SMILES string of the molecule is C=C(CC(C(=O)OCC)P(=O)(OCC)OCC)P(=O)(OCC)OCC. The molecule has 0 heterocycles. The van der Waals surface area contributed by atoms with E-state index in [-0.39, 0.29) is 44.8 Å². The van der Waals surface area contributed by atoms with Crippen molar-refractivity contribution in [2.45, 2.75) is 46.7 Å². The van der Waals surface area contributed by atoms with Gasteiger partial charge in [0.25, 0.3) is 0 Å². The van der Waals surface area contributed by atoms with Crippen LogP contribution >= 0.6 is 15.2 Å². The van der Waals surface area contributed by atoms with Crippen LogP contribution in [0, 0.1) is 0 Å². The lowest BCUT2D eigenvalue weighted by Crippen LogP contribution is -2.26. The molecule has 0 saturated carbocycles. The molecule has 0 bridgehead atoms. The van der Waals surface area contributed by atoms with Crippen molar-refractivity contribution in [3.63, 3.8) is 0 Å². The molecule has 0 spiro atoms. The third kappa shape index (κ3) is 7.33. The van der Waals surface area contributed by atoms with Gasteiger partial charge in [0, 0.05) is 11.7 Å². The van der Waals surface area contributed by atoms with Gasteiger partial charge in [0.05, 0.1) is 33.0 Å². The van der Waals surface area contributed by atoms with E-state index in [1.165, 1.54) is 0 Å². The Balaban J connectivity index is 5.69. The zero-order chi connectivity index (χ0) is 19.5. The Hall–Kier alpha value is -0.490. The second-order valence-electron chi connectivity index (χ2n) is 4.75. The van der Waals surface area contributed by atoms with Gasteiger partial charge in [-0.05, 0) is 34.6 Å². The quantitative estimate of drug-likeness (QED) is 0.313. The molecule has 1 atom stereocenters. The van der Waals surface area contributed by atoms with Crippen molar-refractivity contribution in [3.05, 3.63) is 11.9 Å². The van der Waals surface area contributed by atoms with Crippen molar-refractivity contribution in [1.82, 2.24) is 0 Å². The van der Waals surface area contributed by atoms with Crippen LogP contribution in [0.15, 0.2) is 11.9 Å². The molecule has 0 N–H and O–H groups in total. The molecule has 0 fully saturated rings. The first-order chi connectivity index (χ1) is 11.7. The summed E-state index contributed by atoms with van der Waals surface area (Å²) in [6, 6.07) is 0. The molecule has 0 rings (SSSR count). The maximum Gasteiger partial charge on any atom is 0.356 e. The largest absolute Gasteiger partial charge is 0.465 e. The van der Waals surface area contributed by atoms with Crippen molar-refractivity contribution in [2.24, 2.45) is 0 Å². The summed E-state index contributed by atoms with van der Waals surface area (Å²) >= 11 is 0. The monoisotopic (exact) mass is 400 g/mol. The lowest BCUT2D eigenvalue weighted by molar-refractivity contribution is -0.143. The normalized spacial score (nSPS) is 13.5. The Morgan fingerprint density at radius 2 is 1.28 bits per heavy atom. The van der Waals surface area contributed by atoms with Gasteiger partial charge < -0.3 is 22.8 Å². The highest BCUT2D eigenvalue weighted by molar-refractivity contribution is 7.59. The number of ether oxygens (including phenoxy) is 1. The maximum absolute atomic E-state index is 13.1. The fourth-order valence-corrected chi connectivity index (χ4v) is 5.64. The summed E-state index contributed by atoms with van der Waals surface area (Å²) in [4.78, 5) is 12.4. The van der Waals surface area contributed by atoms with Gasteiger partial charge in [0.2, 0.25) is 0 Å². The molecule has 148 valence electrons. The van der Waals surface area contributed by atoms with Crippen molar-refractivity contribution in [1.29, 1.82) is 0 Å². The Morgan fingerprint density at radius 1 is 0.840 bits per heavy atom. The maximum atomic E-state index is 13.1. The Morgan fingerprint density at radius 3 is 1.64 bits per heavy atom. The summed E-state index contributed by atoms with van der Waals surface area (Å²) in [6.45, 7) is 12.5. The number of hydrogen-bond donors (Lipinski definition) is 0. The number of hydrogen-bond acceptors (Lipinski definition) is 8. The van der Waals surface area contributed by atoms with Crippen LogP contribution in [0.25, 0.3) is 0 Å². The van der Waals surface area contributed by atoms with E-state index in [9.17, 15) is 13.9 Å². The van der Waals surface area contributed by atoms with Gasteiger partial charge in [-0.3, -0.25) is 13.9 Å². The molecule has 0 saturated heterocycles. The molecule has 0 aromatic heterocycles. The van der Waals surface area contributed by atoms with E-state index >= 15 is 0 Å². The fourth-order valence-electron chi connectivity index (χ4n) is 2.03. The first-order valence-corrected chi connectivity index (χ1v) is 11.5. The van der Waals surface area contributed by atoms with E-state index in [1.54, 1.807) is 34.6 Å². The Kier molecular flexibility index (Phi) is 11.8. The van der Waals surface area contributed by atoms with Gasteiger partial charge in [-0.15, -0.1) is 0 Å². The number of carbonyl (C=O) groups excluding carboxylic acids is 1. The highest BCUT2D eigenvalue weighted by Crippen LogP contribution is 2.61. The molecular weight excluding hydrogens is 370 g/mol. The molecule has 8 nitrogen and oxygen atoms in total. The number of esters is 1. The first kappa shape index (κ1) is 24.5. The van der Waals surface area contributed by atoms with E-state index in [2.05, 4.69) is 6.58 Å². The second-order valence-corrected chi connectivity index (χ2v) is 9.11. The number of carbonyl (C=O) groups is 1. The van der Waals surface area contributed by atoms with Crippen molar-refractivity contribution >= 4 is 21.2 Å². The molecule has 0 aliphatic rings. The summed E-state index contributed by atoms with van der Waals surface area (Å²) in [7, 11) is -7.51. The van der Waals surface area contributed by atoms with E-state index in [4.69, 9.17) is 22.8 Å². The van der Waals surface area contributed by atoms with Crippen molar-refractivity contribution < 1.29 is 36.8 Å². The van der Waals surface area contributed by atoms with Crippen LogP contribution in [0.5, 0.6) is 0 Å². The highest BCUT2D eigenvalue weighted by Gasteiger charge is 2.45.